The van der Waals surface area contributed by atoms with Gasteiger partial charge in [-0.25, -0.2) is 4.98 Å². The van der Waals surface area contributed by atoms with Crippen LogP contribution in [-0.2, 0) is 16.1 Å². The molecule has 0 saturated heterocycles. The number of hydrogen-bond donors (Lipinski definition) is 3. The highest BCUT2D eigenvalue weighted by molar-refractivity contribution is 6.41. The van der Waals surface area contributed by atoms with E-state index in [0.29, 0.717) is 46.3 Å². The van der Waals surface area contributed by atoms with Crippen LogP contribution >= 0.6 is 11.6 Å². The number of aromatic amines is 2. The number of aryl methyl sites for hydroxylation is 2. The maximum absolute atomic E-state index is 13.3. The summed E-state index contributed by atoms with van der Waals surface area (Å²) in [5.74, 6) is 0.321. The van der Waals surface area contributed by atoms with Gasteiger partial charge in [-0.3, -0.25) is 9.59 Å². The predicted octanol–water partition coefficient (Wildman–Crippen LogP) is 4.16. The van der Waals surface area contributed by atoms with Crippen LogP contribution < -0.4 is 5.32 Å². The first-order valence-corrected chi connectivity index (χ1v) is 11.1. The molecule has 3 N–H and O–H groups in total. The summed E-state index contributed by atoms with van der Waals surface area (Å²) in [5.41, 5.74) is 5.85. The van der Waals surface area contributed by atoms with Crippen LogP contribution in [0.3, 0.4) is 0 Å². The Morgan fingerprint density at radius 2 is 1.94 bits per heavy atom. The summed E-state index contributed by atoms with van der Waals surface area (Å²) in [6.07, 6.45) is 1.72. The Hall–Kier alpha value is -3.36. The van der Waals surface area contributed by atoms with E-state index in [9.17, 15) is 9.59 Å². The van der Waals surface area contributed by atoms with Crippen molar-refractivity contribution < 1.29 is 14.3 Å². The molecule has 2 aliphatic heterocycles. The number of carbonyl (C=O) groups is 2. The largest absolute Gasteiger partial charge is 0.373 e. The van der Waals surface area contributed by atoms with Crippen LogP contribution in [0, 0.1) is 13.8 Å². The van der Waals surface area contributed by atoms with Crippen molar-refractivity contribution in [1.29, 1.82) is 0 Å². The van der Waals surface area contributed by atoms with E-state index in [4.69, 9.17) is 16.3 Å². The van der Waals surface area contributed by atoms with Crippen molar-refractivity contribution in [2.45, 2.75) is 33.4 Å². The van der Waals surface area contributed by atoms with Crippen molar-refractivity contribution >= 4 is 40.8 Å². The fraction of sp³-hybridized carbons (Fsp3) is 0.292. The lowest BCUT2D eigenvalue weighted by atomic mass is 10.00. The Morgan fingerprint density at radius 1 is 1.15 bits per heavy atom. The predicted molar refractivity (Wildman–Crippen MR) is 127 cm³/mol. The molecule has 0 radical (unpaired) electrons. The first-order valence-electron chi connectivity index (χ1n) is 10.7. The standard InChI is InChI=1S/C24H24ClN5O3/c1-11-5-17-19(26-11)8-16-15-6-14(7-18(25)22(15)29-23(16)31)21-20(27-13(3)28-21)10-33-9-12(2)30(4)24(17)32/h5-8,12,26H,9-10H2,1-4H3,(H,27,28)(H,29,31)/b16-8-. The zero-order chi connectivity index (χ0) is 23.4. The number of benzene rings is 1. The molecule has 0 fully saturated rings. The molecule has 2 aromatic heterocycles. The molecule has 3 aromatic rings. The minimum Gasteiger partial charge on any atom is -0.373 e. The Balaban J connectivity index is 1.75. The number of H-pyrrole nitrogens is 2. The van der Waals surface area contributed by atoms with Gasteiger partial charge in [-0.1, -0.05) is 11.6 Å². The molecule has 1 unspecified atom stereocenters. The van der Waals surface area contributed by atoms with E-state index in [1.807, 2.05) is 26.8 Å². The summed E-state index contributed by atoms with van der Waals surface area (Å²) in [7, 11) is 1.75. The summed E-state index contributed by atoms with van der Waals surface area (Å²) in [4.78, 5) is 39.0. The number of imidazole rings is 1. The van der Waals surface area contributed by atoms with Crippen LogP contribution in [0.15, 0.2) is 18.2 Å². The third kappa shape index (κ3) is 3.65. The molecule has 33 heavy (non-hydrogen) atoms. The van der Waals surface area contributed by atoms with E-state index in [1.54, 1.807) is 30.2 Å². The SMILES string of the molecule is Cc1cc2c([nH]1)/C=C1\C(=O)Nc3c(Cl)cc(cc31)-c1nc(C)[nH]c1COCC(C)N(C)C2=O. The molecule has 9 heteroatoms. The molecule has 170 valence electrons. The van der Waals surface area contributed by atoms with Gasteiger partial charge < -0.3 is 24.9 Å². The van der Waals surface area contributed by atoms with Gasteiger partial charge in [-0.15, -0.1) is 0 Å². The number of hydrogen-bond acceptors (Lipinski definition) is 4. The van der Waals surface area contributed by atoms with E-state index in [1.165, 1.54) is 0 Å². The minimum absolute atomic E-state index is 0.152. The number of fused-ring (bicyclic) bond motifs is 4. The van der Waals surface area contributed by atoms with Gasteiger partial charge >= 0.3 is 0 Å². The molecule has 0 saturated carbocycles. The lowest BCUT2D eigenvalue weighted by Gasteiger charge is -2.25. The lowest BCUT2D eigenvalue weighted by molar-refractivity contribution is -0.110. The number of halogens is 1. The van der Waals surface area contributed by atoms with Crippen molar-refractivity contribution in [3.63, 3.8) is 0 Å². The number of carbonyl (C=O) groups excluding carboxylic acids is 2. The summed E-state index contributed by atoms with van der Waals surface area (Å²) in [5, 5.41) is 3.27. The molecule has 0 aliphatic carbocycles. The van der Waals surface area contributed by atoms with Crippen molar-refractivity contribution in [2.24, 2.45) is 0 Å². The van der Waals surface area contributed by atoms with Crippen molar-refractivity contribution in [1.82, 2.24) is 19.9 Å². The molecule has 2 aliphatic rings. The van der Waals surface area contributed by atoms with Gasteiger partial charge in [0, 0.05) is 23.9 Å². The Labute approximate surface area is 196 Å². The normalized spacial score (nSPS) is 19.8. The van der Waals surface area contributed by atoms with Crippen LogP contribution in [0.25, 0.3) is 22.9 Å². The van der Waals surface area contributed by atoms with Gasteiger partial charge in [0.15, 0.2) is 0 Å². The minimum atomic E-state index is -0.275. The van der Waals surface area contributed by atoms with Gasteiger partial charge in [-0.05, 0) is 45.0 Å². The molecular formula is C24H24ClN5O3. The second kappa shape index (κ2) is 7.90. The van der Waals surface area contributed by atoms with Crippen molar-refractivity contribution in [3.8, 4) is 11.3 Å². The fourth-order valence-corrected chi connectivity index (χ4v) is 4.56. The molecule has 4 heterocycles. The van der Waals surface area contributed by atoms with Gasteiger partial charge in [0.2, 0.25) is 0 Å². The number of ether oxygens (including phenoxy) is 1. The van der Waals surface area contributed by atoms with Gasteiger partial charge in [0.05, 0.1) is 58.2 Å². The Morgan fingerprint density at radius 3 is 2.73 bits per heavy atom. The highest BCUT2D eigenvalue weighted by Gasteiger charge is 2.30. The molecule has 5 rings (SSSR count). The number of aromatic nitrogens is 3. The molecule has 2 bridgehead atoms. The monoisotopic (exact) mass is 465 g/mol. The second-order valence-electron chi connectivity index (χ2n) is 8.60. The van der Waals surface area contributed by atoms with Gasteiger partial charge in [-0.2, -0.15) is 0 Å². The third-order valence-corrected chi connectivity index (χ3v) is 6.42. The van der Waals surface area contributed by atoms with Crippen molar-refractivity contribution in [3.05, 3.63) is 57.3 Å². The molecule has 2 amide bonds. The molecule has 0 spiro atoms. The fourth-order valence-electron chi connectivity index (χ4n) is 4.29. The third-order valence-electron chi connectivity index (χ3n) is 6.12. The summed E-state index contributed by atoms with van der Waals surface area (Å²) in [6.45, 7) is 6.34. The topological polar surface area (TPSA) is 103 Å². The zero-order valence-electron chi connectivity index (χ0n) is 18.8. The Kier molecular flexibility index (Phi) is 5.14. The summed E-state index contributed by atoms with van der Waals surface area (Å²) >= 11 is 6.58. The first-order chi connectivity index (χ1) is 15.7. The van der Waals surface area contributed by atoms with E-state index in [2.05, 4.69) is 20.3 Å². The average Bonchev–Trinajstić information content (AvgIpc) is 3.42. The number of rotatable bonds is 0. The van der Waals surface area contributed by atoms with E-state index in [-0.39, 0.29) is 17.9 Å². The smallest absolute Gasteiger partial charge is 0.256 e. The van der Waals surface area contributed by atoms with Crippen LogP contribution in [0.2, 0.25) is 5.02 Å². The molecule has 8 nitrogen and oxygen atoms in total. The number of amides is 2. The second-order valence-corrected chi connectivity index (χ2v) is 9.01. The molecule has 1 atom stereocenters. The molecule has 1 aromatic carbocycles. The average molecular weight is 466 g/mol. The molecular weight excluding hydrogens is 442 g/mol. The maximum atomic E-state index is 13.3. The number of anilines is 1. The number of nitrogens with one attached hydrogen (secondary N) is 3. The first kappa shape index (κ1) is 21.5. The van der Waals surface area contributed by atoms with E-state index < -0.39 is 0 Å². The maximum Gasteiger partial charge on any atom is 0.256 e. The summed E-state index contributed by atoms with van der Waals surface area (Å²) in [6, 6.07) is 5.33. The van der Waals surface area contributed by atoms with E-state index >= 15 is 0 Å². The number of nitrogens with zero attached hydrogens (tertiary/aromatic N) is 2. The zero-order valence-corrected chi connectivity index (χ0v) is 19.6. The highest BCUT2D eigenvalue weighted by atomic mass is 35.5. The van der Waals surface area contributed by atoms with E-state index in [0.717, 1.165) is 28.5 Å². The van der Waals surface area contributed by atoms with Crippen LogP contribution in [0.5, 0.6) is 0 Å². The Bertz CT molecular complexity index is 1340. The van der Waals surface area contributed by atoms with Crippen LogP contribution in [0.1, 0.15) is 45.8 Å². The quantitative estimate of drug-likeness (QED) is 0.463. The van der Waals surface area contributed by atoms with Crippen LogP contribution in [0.4, 0.5) is 5.69 Å². The van der Waals surface area contributed by atoms with Gasteiger partial charge in [0.1, 0.15) is 5.82 Å². The number of likely N-dealkylation sites (N-methyl/N-ethyl adjacent to an activating group) is 1. The lowest BCUT2D eigenvalue weighted by Crippen LogP contribution is -2.38. The highest BCUT2D eigenvalue weighted by Crippen LogP contribution is 2.42. The van der Waals surface area contributed by atoms with Gasteiger partial charge in [0.25, 0.3) is 11.8 Å². The van der Waals surface area contributed by atoms with Crippen molar-refractivity contribution in [2.75, 3.05) is 19.0 Å². The van der Waals surface area contributed by atoms with Crippen LogP contribution in [-0.4, -0.2) is 51.4 Å². The summed E-state index contributed by atoms with van der Waals surface area (Å²) < 4.78 is 5.96.